The van der Waals surface area contributed by atoms with Crippen LogP contribution in [0.4, 0.5) is 0 Å². The van der Waals surface area contributed by atoms with Crippen molar-refractivity contribution in [3.8, 4) is 0 Å². The van der Waals surface area contributed by atoms with Gasteiger partial charge in [0.05, 0.1) is 5.52 Å². The lowest BCUT2D eigenvalue weighted by atomic mass is 10.2. The molecule has 0 fully saturated rings. The lowest BCUT2D eigenvalue weighted by Gasteiger charge is -2.04. The van der Waals surface area contributed by atoms with Gasteiger partial charge in [0.1, 0.15) is 11.4 Å². The van der Waals surface area contributed by atoms with Crippen LogP contribution in [0.1, 0.15) is 5.69 Å². The Labute approximate surface area is 104 Å². The summed E-state index contributed by atoms with van der Waals surface area (Å²) in [4.78, 5) is 10.8. The summed E-state index contributed by atoms with van der Waals surface area (Å²) in [5.41, 5.74) is 0.877. The third-order valence-electron chi connectivity index (χ3n) is 2.75. The van der Waals surface area contributed by atoms with Crippen molar-refractivity contribution < 1.29 is 18.3 Å². The van der Waals surface area contributed by atoms with Crippen LogP contribution in [-0.4, -0.2) is 24.1 Å². The number of rotatable bonds is 3. The van der Waals surface area contributed by atoms with Crippen LogP contribution in [0.5, 0.6) is 0 Å². The fourth-order valence-corrected chi connectivity index (χ4v) is 3.10. The number of primary sulfonamides is 1. The third-order valence-corrected chi connectivity index (χ3v) is 3.84. The van der Waals surface area contributed by atoms with E-state index in [1.54, 1.807) is 31.2 Å². The first-order valence-electron chi connectivity index (χ1n) is 5.15. The number of carboxylic acid groups (broad SMARTS) is 1. The van der Waals surface area contributed by atoms with Gasteiger partial charge in [0.15, 0.2) is 0 Å². The number of aliphatic carboxylic acids is 1. The number of fused-ring (bicyclic) bond motifs is 1. The molecule has 0 saturated carbocycles. The lowest BCUT2D eigenvalue weighted by Crippen LogP contribution is -2.15. The molecule has 0 aliphatic heterocycles. The molecular weight excluding hydrogens is 256 g/mol. The van der Waals surface area contributed by atoms with Gasteiger partial charge in [-0.05, 0) is 13.0 Å². The monoisotopic (exact) mass is 268 g/mol. The highest BCUT2D eigenvalue weighted by Gasteiger charge is 2.22. The second-order valence-corrected chi connectivity index (χ2v) is 5.45. The Morgan fingerprint density at radius 1 is 1.39 bits per heavy atom. The van der Waals surface area contributed by atoms with E-state index in [1.807, 2.05) is 0 Å². The molecule has 1 aromatic heterocycles. The summed E-state index contributed by atoms with van der Waals surface area (Å²) in [6.45, 7) is 1.24. The van der Waals surface area contributed by atoms with Crippen LogP contribution in [0.3, 0.4) is 0 Å². The van der Waals surface area contributed by atoms with E-state index in [1.165, 1.54) is 4.57 Å². The second-order valence-electron chi connectivity index (χ2n) is 3.96. The van der Waals surface area contributed by atoms with Gasteiger partial charge in [0.25, 0.3) is 0 Å². The minimum atomic E-state index is -3.89. The van der Waals surface area contributed by atoms with Gasteiger partial charge in [-0.15, -0.1) is 0 Å². The summed E-state index contributed by atoms with van der Waals surface area (Å²) < 4.78 is 24.6. The summed E-state index contributed by atoms with van der Waals surface area (Å²) in [5.74, 6) is -1.04. The summed E-state index contributed by atoms with van der Waals surface area (Å²) in [6, 6.07) is 6.68. The van der Waals surface area contributed by atoms with Crippen molar-refractivity contribution in [2.24, 2.45) is 5.14 Å². The first-order chi connectivity index (χ1) is 8.32. The normalized spacial score (nSPS) is 11.9. The van der Waals surface area contributed by atoms with E-state index in [-0.39, 0.29) is 11.4 Å². The molecule has 3 N–H and O–H groups in total. The van der Waals surface area contributed by atoms with Gasteiger partial charge in [-0.25, -0.2) is 13.6 Å². The van der Waals surface area contributed by atoms with Crippen LogP contribution in [0.15, 0.2) is 29.2 Å². The average molecular weight is 268 g/mol. The minimum Gasteiger partial charge on any atom is -0.480 e. The molecule has 6 nitrogen and oxygen atoms in total. The van der Waals surface area contributed by atoms with Gasteiger partial charge in [-0.1, -0.05) is 18.2 Å². The Morgan fingerprint density at radius 2 is 2.00 bits per heavy atom. The molecule has 2 aromatic rings. The third kappa shape index (κ3) is 1.98. The fourth-order valence-electron chi connectivity index (χ4n) is 2.10. The molecule has 0 amide bonds. The zero-order valence-electron chi connectivity index (χ0n) is 9.62. The van der Waals surface area contributed by atoms with Crippen molar-refractivity contribution in [2.75, 3.05) is 0 Å². The summed E-state index contributed by atoms with van der Waals surface area (Å²) in [7, 11) is -3.89. The van der Waals surface area contributed by atoms with Crippen LogP contribution in [0, 0.1) is 6.92 Å². The van der Waals surface area contributed by atoms with E-state index in [4.69, 9.17) is 10.2 Å². The van der Waals surface area contributed by atoms with Crippen molar-refractivity contribution in [2.45, 2.75) is 18.4 Å². The standard InChI is InChI=1S/C11H12N2O4S/c1-7-11(18(12,16)17)8-4-2-3-5-9(8)13(7)6-10(14)15/h2-5H,6H2,1H3,(H,14,15)(H2,12,16,17). The Kier molecular flexibility index (Phi) is 2.88. The van der Waals surface area contributed by atoms with Gasteiger partial charge in [0.2, 0.25) is 10.0 Å². The molecule has 96 valence electrons. The summed E-state index contributed by atoms with van der Waals surface area (Å²) in [5, 5.41) is 14.5. The zero-order valence-corrected chi connectivity index (χ0v) is 10.4. The molecule has 1 heterocycles. The highest BCUT2D eigenvalue weighted by atomic mass is 32.2. The minimum absolute atomic E-state index is 0.0145. The van der Waals surface area contributed by atoms with E-state index in [0.717, 1.165) is 0 Å². The van der Waals surface area contributed by atoms with Gasteiger partial charge >= 0.3 is 5.97 Å². The maximum atomic E-state index is 11.6. The fraction of sp³-hybridized carbons (Fsp3) is 0.182. The molecule has 7 heteroatoms. The predicted molar refractivity (Wildman–Crippen MR) is 65.7 cm³/mol. The van der Waals surface area contributed by atoms with Crippen molar-refractivity contribution in [3.63, 3.8) is 0 Å². The van der Waals surface area contributed by atoms with Crippen molar-refractivity contribution in [1.82, 2.24) is 4.57 Å². The van der Waals surface area contributed by atoms with Gasteiger partial charge < -0.3 is 9.67 Å². The lowest BCUT2D eigenvalue weighted by molar-refractivity contribution is -0.137. The number of benzene rings is 1. The predicted octanol–water partition coefficient (Wildman–Crippen LogP) is 0.682. The first-order valence-corrected chi connectivity index (χ1v) is 6.69. The Bertz CT molecular complexity index is 731. The molecular formula is C11H12N2O4S. The quantitative estimate of drug-likeness (QED) is 0.854. The highest BCUT2D eigenvalue weighted by Crippen LogP contribution is 2.28. The molecule has 0 aliphatic rings. The van der Waals surface area contributed by atoms with Crippen molar-refractivity contribution >= 4 is 26.9 Å². The van der Waals surface area contributed by atoms with Gasteiger partial charge in [-0.2, -0.15) is 0 Å². The van der Waals surface area contributed by atoms with Crippen molar-refractivity contribution in [1.29, 1.82) is 0 Å². The van der Waals surface area contributed by atoms with E-state index in [0.29, 0.717) is 16.6 Å². The SMILES string of the molecule is Cc1c(S(N)(=O)=O)c2ccccc2n1CC(=O)O. The number of carboxylic acids is 1. The number of hydrogen-bond acceptors (Lipinski definition) is 3. The Balaban J connectivity index is 2.88. The number of sulfonamides is 1. The number of carbonyl (C=O) groups is 1. The van der Waals surface area contributed by atoms with Crippen LogP contribution < -0.4 is 5.14 Å². The van der Waals surface area contributed by atoms with E-state index in [2.05, 4.69) is 0 Å². The Hall–Kier alpha value is -1.86. The van der Waals surface area contributed by atoms with E-state index >= 15 is 0 Å². The van der Waals surface area contributed by atoms with E-state index in [9.17, 15) is 13.2 Å². The molecule has 18 heavy (non-hydrogen) atoms. The summed E-state index contributed by atoms with van der Waals surface area (Å²) in [6.07, 6.45) is 0. The molecule has 0 saturated heterocycles. The topological polar surface area (TPSA) is 102 Å². The maximum Gasteiger partial charge on any atom is 0.323 e. The average Bonchev–Trinajstić information content (AvgIpc) is 2.51. The van der Waals surface area contributed by atoms with Crippen LogP contribution in [-0.2, 0) is 21.4 Å². The maximum absolute atomic E-state index is 11.6. The van der Waals surface area contributed by atoms with Gasteiger partial charge in [0, 0.05) is 11.1 Å². The molecule has 1 aromatic carbocycles. The number of hydrogen-bond donors (Lipinski definition) is 2. The van der Waals surface area contributed by atoms with E-state index < -0.39 is 16.0 Å². The molecule has 0 aliphatic carbocycles. The first kappa shape index (κ1) is 12.6. The smallest absolute Gasteiger partial charge is 0.323 e. The zero-order chi connectivity index (χ0) is 13.5. The molecule has 0 spiro atoms. The molecule has 0 unspecified atom stereocenters. The second kappa shape index (κ2) is 4.11. The number of aromatic nitrogens is 1. The number of nitrogens with zero attached hydrogens (tertiary/aromatic N) is 1. The Morgan fingerprint density at radius 3 is 2.56 bits per heavy atom. The number of para-hydroxylation sites is 1. The molecule has 0 bridgehead atoms. The van der Waals surface area contributed by atoms with Gasteiger partial charge in [-0.3, -0.25) is 4.79 Å². The van der Waals surface area contributed by atoms with Crippen LogP contribution >= 0.6 is 0 Å². The van der Waals surface area contributed by atoms with Crippen LogP contribution in [0.25, 0.3) is 10.9 Å². The molecule has 0 atom stereocenters. The van der Waals surface area contributed by atoms with Crippen LogP contribution in [0.2, 0.25) is 0 Å². The largest absolute Gasteiger partial charge is 0.480 e. The highest BCUT2D eigenvalue weighted by molar-refractivity contribution is 7.89. The van der Waals surface area contributed by atoms with Crippen molar-refractivity contribution in [3.05, 3.63) is 30.0 Å². The molecule has 2 rings (SSSR count). The number of nitrogens with two attached hydrogens (primary N) is 1. The molecule has 0 radical (unpaired) electrons. The summed E-state index contributed by atoms with van der Waals surface area (Å²) >= 11 is 0.